The molecule has 4 N–H and O–H groups in total. The molecule has 0 radical (unpaired) electrons. The van der Waals surface area contributed by atoms with Crippen molar-refractivity contribution in [3.63, 3.8) is 0 Å². The van der Waals surface area contributed by atoms with E-state index in [1.54, 1.807) is 52.7 Å². The van der Waals surface area contributed by atoms with E-state index in [-0.39, 0.29) is 30.3 Å². The number of likely N-dealkylation sites (N-methyl/N-ethyl adjacent to an activating group) is 2. The van der Waals surface area contributed by atoms with E-state index in [0.29, 0.717) is 11.1 Å². The topological polar surface area (TPSA) is 147 Å². The summed E-state index contributed by atoms with van der Waals surface area (Å²) >= 11 is 0. The van der Waals surface area contributed by atoms with Crippen LogP contribution in [0.3, 0.4) is 0 Å². The van der Waals surface area contributed by atoms with Gasteiger partial charge in [0.25, 0.3) is 0 Å². The number of hydrogen-bond donors (Lipinski definition) is 4. The van der Waals surface area contributed by atoms with Gasteiger partial charge in [0, 0.05) is 57.5 Å². The minimum atomic E-state index is -3.33. The molecule has 41 heavy (non-hydrogen) atoms. The summed E-state index contributed by atoms with van der Waals surface area (Å²) < 4.78 is 67.2. The predicted octanol–water partition coefficient (Wildman–Crippen LogP) is 2.17. The molecular weight excluding hydrogens is 564 g/mol. The predicted molar refractivity (Wildman–Crippen MR) is 165 cm³/mol. The van der Waals surface area contributed by atoms with Crippen LogP contribution in [0.4, 0.5) is 0 Å². The number of fused-ring (bicyclic) bond motifs is 2. The Morgan fingerprint density at radius 2 is 1.27 bits per heavy atom. The van der Waals surface area contributed by atoms with Crippen molar-refractivity contribution in [3.8, 4) is 0 Å². The van der Waals surface area contributed by atoms with E-state index in [9.17, 15) is 21.6 Å². The summed E-state index contributed by atoms with van der Waals surface area (Å²) in [6, 6.07) is 10.8. The van der Waals surface area contributed by atoms with Gasteiger partial charge in [0.1, 0.15) is 0 Å². The number of nitrogens with one attached hydrogen (secondary N) is 4. The molecule has 1 amide bonds. The van der Waals surface area contributed by atoms with Gasteiger partial charge in [-0.25, -0.2) is 26.3 Å². The molecule has 0 bridgehead atoms. The summed E-state index contributed by atoms with van der Waals surface area (Å²) in [6.07, 6.45) is 4.09. The van der Waals surface area contributed by atoms with E-state index in [1.807, 2.05) is 24.3 Å². The van der Waals surface area contributed by atoms with Gasteiger partial charge in [-0.1, -0.05) is 12.1 Å². The zero-order chi connectivity index (χ0) is 32.2. The van der Waals surface area contributed by atoms with E-state index in [1.165, 1.54) is 23.9 Å². The second-order valence-electron chi connectivity index (χ2n) is 10.0. The summed E-state index contributed by atoms with van der Waals surface area (Å²) in [4.78, 5) is 21.1. The summed E-state index contributed by atoms with van der Waals surface area (Å²) in [6.45, 7) is -1.47. The number of H-pyrrole nitrogens is 2. The number of sulfonamides is 2. The molecule has 13 heteroatoms. The van der Waals surface area contributed by atoms with Gasteiger partial charge in [0.05, 0.1) is 17.9 Å². The fraction of sp³-hybridized carbons (Fsp3) is 0.393. The van der Waals surface area contributed by atoms with Crippen LogP contribution in [0.5, 0.6) is 0 Å². The molecule has 0 saturated carbocycles. The lowest BCUT2D eigenvalue weighted by molar-refractivity contribution is -0.127. The van der Waals surface area contributed by atoms with Gasteiger partial charge in [-0.3, -0.25) is 4.79 Å². The second-order valence-corrected chi connectivity index (χ2v) is 13.9. The fourth-order valence-electron chi connectivity index (χ4n) is 4.07. The highest BCUT2D eigenvalue weighted by Crippen LogP contribution is 2.23. The van der Waals surface area contributed by atoms with Gasteiger partial charge in [0.2, 0.25) is 26.0 Å². The SMILES string of the molecule is CNS(=O)(=O)Cc1ccc2[nH]cc(CC(=O)N(C)C)c2c1.[2H]C([2H])(Cc1c[nH]c2ccc(CS(=O)(=O)NC)cc12)N(C)C. The van der Waals surface area contributed by atoms with E-state index in [0.717, 1.165) is 32.9 Å². The first-order chi connectivity index (χ1) is 20.0. The molecule has 4 aromatic rings. The molecule has 2 aromatic carbocycles. The van der Waals surface area contributed by atoms with Crippen LogP contribution >= 0.6 is 0 Å². The molecule has 0 saturated heterocycles. The standard InChI is InChI=1S/C14H19N3O3S.C14H21N3O2S/c1-15-21(19,20)9-10-4-5-13-12(6-10)11(8-16-13)7-14(18)17(2)3;1-15-20(18,19)10-11-4-5-14-13(8-11)12(9-16-14)6-7-17(2)3/h4-6,8,15-16H,7,9H2,1-3H3;4-5,8-9,15-16H,6-7,10H2,1-3H3/i;7D2. The van der Waals surface area contributed by atoms with Gasteiger partial charge in [0.15, 0.2) is 0 Å². The number of amides is 1. The smallest absolute Gasteiger partial charge is 0.226 e. The Hall–Kier alpha value is -3.23. The number of carbonyl (C=O) groups is 1. The third-order valence-corrected chi connectivity index (χ3v) is 9.10. The molecular formula is C28H40N6O5S2. The van der Waals surface area contributed by atoms with Crippen molar-refractivity contribution in [2.75, 3.05) is 48.8 Å². The molecule has 0 spiro atoms. The minimum Gasteiger partial charge on any atom is -0.361 e. The number of aromatic amines is 2. The zero-order valence-electron chi connectivity index (χ0n) is 26.2. The fourth-order valence-corrected chi connectivity index (χ4v) is 5.60. The summed E-state index contributed by atoms with van der Waals surface area (Å²) in [5.41, 5.74) is 4.82. The molecule has 2 aromatic heterocycles. The first kappa shape index (κ1) is 29.3. The monoisotopic (exact) mass is 606 g/mol. The Bertz CT molecular complexity index is 1800. The van der Waals surface area contributed by atoms with Crippen LogP contribution in [0.1, 0.15) is 25.0 Å². The van der Waals surface area contributed by atoms with Crippen LogP contribution in [0.25, 0.3) is 21.8 Å². The van der Waals surface area contributed by atoms with Gasteiger partial charge in [-0.05, 0) is 81.1 Å². The van der Waals surface area contributed by atoms with Crippen molar-refractivity contribution in [1.82, 2.24) is 29.2 Å². The molecule has 0 aliphatic rings. The van der Waals surface area contributed by atoms with Crippen LogP contribution in [0, 0.1) is 0 Å². The van der Waals surface area contributed by atoms with Crippen molar-refractivity contribution < 1.29 is 24.4 Å². The van der Waals surface area contributed by atoms with E-state index in [2.05, 4.69) is 19.4 Å². The van der Waals surface area contributed by atoms with E-state index in [4.69, 9.17) is 2.74 Å². The Balaban J connectivity index is 0.000000236. The lowest BCUT2D eigenvalue weighted by atomic mass is 10.1. The number of aryl methyl sites for hydroxylation is 1. The number of nitrogens with zero attached hydrogens (tertiary/aromatic N) is 2. The van der Waals surface area contributed by atoms with E-state index < -0.39 is 26.5 Å². The Morgan fingerprint density at radius 3 is 1.71 bits per heavy atom. The first-order valence-corrected chi connectivity index (χ1v) is 16.1. The molecule has 224 valence electrons. The average Bonchev–Trinajstić information content (AvgIpc) is 3.51. The van der Waals surface area contributed by atoms with E-state index >= 15 is 0 Å². The summed E-state index contributed by atoms with van der Waals surface area (Å²) in [5.74, 6) is -0.166. The Morgan fingerprint density at radius 1 is 0.805 bits per heavy atom. The van der Waals surface area contributed by atoms with Crippen molar-refractivity contribution in [2.45, 2.75) is 24.3 Å². The largest absolute Gasteiger partial charge is 0.361 e. The molecule has 2 heterocycles. The minimum absolute atomic E-state index is 0.00384. The number of rotatable bonds is 11. The van der Waals surface area contributed by atoms with Crippen LogP contribution in [0.2, 0.25) is 0 Å². The molecule has 0 aliphatic carbocycles. The van der Waals surface area contributed by atoms with Crippen molar-refractivity contribution in [3.05, 3.63) is 71.0 Å². The summed E-state index contributed by atoms with van der Waals surface area (Å²) in [5, 5.41) is 1.74. The van der Waals surface area contributed by atoms with Crippen LogP contribution in [0.15, 0.2) is 48.8 Å². The van der Waals surface area contributed by atoms with Gasteiger partial charge < -0.3 is 19.8 Å². The Kier molecular flexibility index (Phi) is 9.72. The first-order valence-electron chi connectivity index (χ1n) is 13.8. The second kappa shape index (κ2) is 13.6. The highest BCUT2D eigenvalue weighted by atomic mass is 32.2. The number of carbonyl (C=O) groups excluding carboxylic acids is 1. The van der Waals surface area contributed by atoms with Crippen molar-refractivity contribution >= 4 is 47.8 Å². The maximum absolute atomic E-state index is 11.8. The van der Waals surface area contributed by atoms with Crippen LogP contribution in [-0.2, 0) is 49.2 Å². The highest BCUT2D eigenvalue weighted by molar-refractivity contribution is 7.88. The normalized spacial score (nSPS) is 13.1. The van der Waals surface area contributed by atoms with Gasteiger partial charge in [-0.2, -0.15) is 0 Å². The highest BCUT2D eigenvalue weighted by Gasteiger charge is 2.14. The van der Waals surface area contributed by atoms with Crippen LogP contribution in [-0.4, -0.2) is 91.3 Å². The lowest BCUT2D eigenvalue weighted by Gasteiger charge is -2.09. The summed E-state index contributed by atoms with van der Waals surface area (Å²) in [7, 11) is 2.96. The third kappa shape index (κ3) is 9.13. The number of aromatic nitrogens is 2. The molecule has 0 aliphatic heterocycles. The quantitative estimate of drug-likeness (QED) is 0.206. The molecule has 11 nitrogen and oxygen atoms in total. The zero-order valence-corrected chi connectivity index (χ0v) is 25.8. The van der Waals surface area contributed by atoms with Gasteiger partial charge in [-0.15, -0.1) is 0 Å². The lowest BCUT2D eigenvalue weighted by Crippen LogP contribution is -2.23. The number of hydrogen-bond acceptors (Lipinski definition) is 6. The van der Waals surface area contributed by atoms with Gasteiger partial charge >= 0.3 is 0 Å². The van der Waals surface area contributed by atoms with Crippen molar-refractivity contribution in [1.29, 1.82) is 0 Å². The molecule has 0 atom stereocenters. The third-order valence-electron chi connectivity index (χ3n) is 6.43. The molecule has 0 unspecified atom stereocenters. The molecule has 0 fully saturated rings. The number of benzene rings is 2. The van der Waals surface area contributed by atoms with Crippen molar-refractivity contribution in [2.24, 2.45) is 0 Å². The average molecular weight is 607 g/mol. The maximum atomic E-state index is 11.8. The molecule has 4 rings (SSSR count). The Labute approximate surface area is 245 Å². The maximum Gasteiger partial charge on any atom is 0.226 e. The van der Waals surface area contributed by atoms with Crippen LogP contribution < -0.4 is 9.44 Å².